The number of aliphatic hydroxyl groups is 1. The monoisotopic (exact) mass is 818 g/mol. The molecule has 2 heterocycles. The van der Waals surface area contributed by atoms with Gasteiger partial charge in [0.2, 0.25) is 0 Å². The number of nitrogens with one attached hydrogen (secondary N) is 1. The Kier molecular flexibility index (Phi) is 14.8. The molecule has 302 valence electrons. The van der Waals surface area contributed by atoms with Gasteiger partial charge in [0, 0.05) is 38.9 Å². The molecule has 0 aliphatic carbocycles. The highest BCUT2D eigenvalue weighted by molar-refractivity contribution is 7.89. The molecule has 0 unspecified atom stereocenters. The lowest BCUT2D eigenvalue weighted by Gasteiger charge is -2.22. The summed E-state index contributed by atoms with van der Waals surface area (Å²) in [5.41, 5.74) is 3.35. The Morgan fingerprint density at radius 3 is 1.28 bits per heavy atom. The molecule has 17 heteroatoms. The second-order valence-electron chi connectivity index (χ2n) is 12.5. The second kappa shape index (κ2) is 19.9. The number of nitrogens with zero attached hydrogens (tertiary/aromatic N) is 5. The van der Waals surface area contributed by atoms with Gasteiger partial charge in [-0.05, 0) is 70.8 Å². The number of sulfonamides is 2. The first kappa shape index (κ1) is 42.4. The van der Waals surface area contributed by atoms with Crippen molar-refractivity contribution in [3.63, 3.8) is 0 Å². The Morgan fingerprint density at radius 2 is 0.965 bits per heavy atom. The Hall–Kier alpha value is -5.72. The Labute approximate surface area is 333 Å². The summed E-state index contributed by atoms with van der Waals surface area (Å²) < 4.78 is 77.8. The van der Waals surface area contributed by atoms with Gasteiger partial charge in [-0.25, -0.2) is 26.8 Å². The maximum absolute atomic E-state index is 13.3. The van der Waals surface area contributed by atoms with E-state index < -0.39 is 20.0 Å². The van der Waals surface area contributed by atoms with Crippen LogP contribution in [0.2, 0.25) is 0 Å². The molecule has 0 saturated heterocycles. The summed E-state index contributed by atoms with van der Waals surface area (Å²) >= 11 is 0. The zero-order valence-electron chi connectivity index (χ0n) is 32.1. The van der Waals surface area contributed by atoms with E-state index in [0.29, 0.717) is 11.5 Å². The highest BCUT2D eigenvalue weighted by atomic mass is 32.2. The number of benzene rings is 4. The van der Waals surface area contributed by atoms with Crippen molar-refractivity contribution in [3.8, 4) is 23.0 Å². The van der Waals surface area contributed by atoms with Gasteiger partial charge in [-0.15, -0.1) is 0 Å². The average Bonchev–Trinajstić information content (AvgIpc) is 3.96. The summed E-state index contributed by atoms with van der Waals surface area (Å²) in [4.78, 5) is 10.6. The lowest BCUT2D eigenvalue weighted by atomic mass is 10.2. The van der Waals surface area contributed by atoms with E-state index in [1.54, 1.807) is 57.3 Å². The first-order valence-electron chi connectivity index (χ1n) is 17.6. The van der Waals surface area contributed by atoms with Crippen LogP contribution in [0.15, 0.2) is 132 Å². The molecule has 4 aromatic carbocycles. The minimum atomic E-state index is -3.87. The molecule has 6 rings (SSSR count). The molecular weight excluding hydrogens is 773 g/mol. The van der Waals surface area contributed by atoms with Crippen LogP contribution in [0.4, 0.5) is 0 Å². The fourth-order valence-corrected chi connectivity index (χ4v) is 8.22. The van der Waals surface area contributed by atoms with Crippen molar-refractivity contribution in [2.75, 3.05) is 35.0 Å². The van der Waals surface area contributed by atoms with E-state index in [0.717, 1.165) is 33.8 Å². The lowest BCUT2D eigenvalue weighted by molar-refractivity contribution is 0.276. The predicted molar refractivity (Wildman–Crippen MR) is 213 cm³/mol. The van der Waals surface area contributed by atoms with Crippen molar-refractivity contribution in [1.29, 1.82) is 0 Å². The summed E-state index contributed by atoms with van der Waals surface area (Å²) in [5, 5.41) is 9.09. The standard InChI is InChI=1S/C21H25N3O5S.C19H21N3O4S/c1-28-19-7-3-17(4-8-19)13-24(14-18-5-9-20(29-2)10-6-18)30(26,27)21-15-23(11-12-25)16-22-21;1-25-17-7-3-15(4-8-17)12-22(27(23,24)19-11-20-14-21-19)13-16-5-9-18(26-2)10-6-16/h3-10,15-16,25H,11-14H2,1-2H3;3-11,14H,12-13H2,1-2H3,(H,20,21). The Morgan fingerprint density at radius 1 is 0.596 bits per heavy atom. The number of ether oxygens (including phenoxy) is 4. The third-order valence-electron chi connectivity index (χ3n) is 8.73. The van der Waals surface area contributed by atoms with Crippen molar-refractivity contribution < 1.29 is 40.9 Å². The molecule has 0 bridgehead atoms. The zero-order chi connectivity index (χ0) is 40.8. The van der Waals surface area contributed by atoms with Crippen LogP contribution in [0.3, 0.4) is 0 Å². The van der Waals surface area contributed by atoms with Crippen molar-refractivity contribution >= 4 is 20.0 Å². The first-order valence-corrected chi connectivity index (χ1v) is 20.5. The van der Waals surface area contributed by atoms with Crippen LogP contribution in [-0.2, 0) is 52.8 Å². The number of rotatable bonds is 18. The summed E-state index contributed by atoms with van der Waals surface area (Å²) in [5.74, 6) is 2.84. The largest absolute Gasteiger partial charge is 0.497 e. The van der Waals surface area contributed by atoms with Crippen LogP contribution in [0.25, 0.3) is 0 Å². The molecule has 0 fully saturated rings. The van der Waals surface area contributed by atoms with Crippen LogP contribution in [0.1, 0.15) is 22.3 Å². The van der Waals surface area contributed by atoms with E-state index in [1.807, 2.05) is 72.8 Å². The fraction of sp³-hybridized carbons (Fsp3) is 0.250. The van der Waals surface area contributed by atoms with Gasteiger partial charge in [0.05, 0.1) is 53.9 Å². The molecule has 2 N–H and O–H groups in total. The Bertz CT molecular complexity index is 2240. The molecule has 2 aromatic heterocycles. The van der Waals surface area contributed by atoms with E-state index >= 15 is 0 Å². The van der Waals surface area contributed by atoms with Crippen LogP contribution >= 0.6 is 0 Å². The van der Waals surface area contributed by atoms with E-state index in [9.17, 15) is 16.8 Å². The number of aliphatic hydroxyl groups excluding tert-OH is 1. The maximum Gasteiger partial charge on any atom is 0.262 e. The summed E-state index contributed by atoms with van der Waals surface area (Å²) in [6, 6.07) is 29.1. The van der Waals surface area contributed by atoms with Crippen molar-refractivity contribution in [2.24, 2.45) is 0 Å². The molecule has 15 nitrogen and oxygen atoms in total. The second-order valence-corrected chi connectivity index (χ2v) is 16.3. The molecule has 0 aliphatic rings. The Balaban J connectivity index is 0.000000219. The summed E-state index contributed by atoms with van der Waals surface area (Å²) in [6.07, 6.45) is 5.50. The van der Waals surface area contributed by atoms with Gasteiger partial charge < -0.3 is 33.6 Å². The topological polar surface area (TPSA) is 178 Å². The van der Waals surface area contributed by atoms with Crippen molar-refractivity contribution in [2.45, 2.75) is 42.8 Å². The number of hydrogen-bond donors (Lipinski definition) is 2. The summed E-state index contributed by atoms with van der Waals surface area (Å²) in [7, 11) is -1.26. The highest BCUT2D eigenvalue weighted by Crippen LogP contribution is 2.24. The van der Waals surface area contributed by atoms with E-state index in [4.69, 9.17) is 24.1 Å². The minimum absolute atomic E-state index is 0.0574. The molecule has 0 spiro atoms. The predicted octanol–water partition coefficient (Wildman–Crippen LogP) is 5.10. The molecule has 0 amide bonds. The van der Waals surface area contributed by atoms with Crippen LogP contribution in [-0.4, -0.2) is 85.1 Å². The fourth-order valence-electron chi connectivity index (χ4n) is 5.56. The van der Waals surface area contributed by atoms with E-state index in [1.165, 1.54) is 33.7 Å². The van der Waals surface area contributed by atoms with Gasteiger partial charge in [-0.1, -0.05) is 48.5 Å². The molecule has 0 aliphatic heterocycles. The smallest absolute Gasteiger partial charge is 0.262 e. The highest BCUT2D eigenvalue weighted by Gasteiger charge is 2.28. The van der Waals surface area contributed by atoms with Gasteiger partial charge in [0.1, 0.15) is 23.0 Å². The number of aromatic amines is 1. The van der Waals surface area contributed by atoms with Crippen molar-refractivity contribution in [1.82, 2.24) is 28.1 Å². The molecular formula is C40H46N6O9S2. The normalized spacial score (nSPS) is 11.6. The van der Waals surface area contributed by atoms with Gasteiger partial charge in [-0.3, -0.25) is 0 Å². The van der Waals surface area contributed by atoms with Gasteiger partial charge >= 0.3 is 0 Å². The van der Waals surface area contributed by atoms with Gasteiger partial charge in [0.15, 0.2) is 10.1 Å². The number of imidazole rings is 2. The number of H-pyrrole nitrogens is 1. The first-order chi connectivity index (χ1) is 27.5. The maximum atomic E-state index is 13.3. The van der Waals surface area contributed by atoms with Crippen LogP contribution in [0.5, 0.6) is 23.0 Å². The number of methoxy groups -OCH3 is 4. The summed E-state index contributed by atoms with van der Waals surface area (Å²) in [6.45, 7) is 0.960. The SMILES string of the molecule is COc1ccc(CN(Cc2ccc(OC)cc2)S(=O)(=O)c2cn(CCO)cn2)cc1.COc1ccc(CN(Cc2ccc(OC)cc2)S(=O)(=O)c2cnc[nH]2)cc1. The van der Waals surface area contributed by atoms with Crippen molar-refractivity contribution in [3.05, 3.63) is 144 Å². The van der Waals surface area contributed by atoms with E-state index in [-0.39, 0.29) is 49.4 Å². The molecule has 0 saturated carbocycles. The van der Waals surface area contributed by atoms with E-state index in [2.05, 4.69) is 15.0 Å². The quantitative estimate of drug-likeness (QED) is 0.118. The van der Waals surface area contributed by atoms with Gasteiger partial charge in [0.25, 0.3) is 20.0 Å². The third-order valence-corrected chi connectivity index (χ3v) is 12.1. The van der Waals surface area contributed by atoms with Crippen LogP contribution < -0.4 is 18.9 Å². The average molecular weight is 819 g/mol. The lowest BCUT2D eigenvalue weighted by Crippen LogP contribution is -2.30. The molecule has 0 atom stereocenters. The van der Waals surface area contributed by atoms with Gasteiger partial charge in [-0.2, -0.15) is 8.61 Å². The van der Waals surface area contributed by atoms with Crippen LogP contribution in [0, 0.1) is 0 Å². The minimum Gasteiger partial charge on any atom is -0.497 e. The molecule has 57 heavy (non-hydrogen) atoms. The molecule has 0 radical (unpaired) electrons. The molecule has 6 aromatic rings. The third kappa shape index (κ3) is 11.4. The number of aromatic nitrogens is 4. The zero-order valence-corrected chi connectivity index (χ0v) is 33.7. The number of hydrogen-bond acceptors (Lipinski definition) is 11.